The molecule has 0 fully saturated rings. The summed E-state index contributed by atoms with van der Waals surface area (Å²) < 4.78 is 30.8. The van der Waals surface area contributed by atoms with Gasteiger partial charge in [0.25, 0.3) is 0 Å². The highest BCUT2D eigenvalue weighted by Gasteiger charge is 2.14. The Morgan fingerprint density at radius 2 is 2.15 bits per heavy atom. The van der Waals surface area contributed by atoms with Crippen molar-refractivity contribution in [1.82, 2.24) is 4.72 Å². The number of rotatable bonds is 8. The molecule has 0 aliphatic rings. The second-order valence-electron chi connectivity index (χ2n) is 4.91. The number of thiophene rings is 1. The molecule has 1 N–H and O–H groups in total. The number of hydrogen-bond donors (Lipinski definition) is 1. The molecule has 0 aliphatic carbocycles. The summed E-state index contributed by atoms with van der Waals surface area (Å²) in [5.74, 6) is 0.141. The molecule has 0 aromatic carbocycles. The summed E-state index contributed by atoms with van der Waals surface area (Å²) in [7, 11) is -1.97. The van der Waals surface area contributed by atoms with E-state index >= 15 is 0 Å². The lowest BCUT2D eigenvalue weighted by atomic mass is 10.1. The molecular weight excluding hydrogens is 298 g/mol. The van der Waals surface area contributed by atoms with Crippen LogP contribution in [0.4, 0.5) is 0 Å². The maximum atomic E-state index is 11.6. The second-order valence-corrected chi connectivity index (χ2v) is 7.94. The minimum absolute atomic E-state index is 0.197. The van der Waals surface area contributed by atoms with Gasteiger partial charge in [0.05, 0.1) is 6.61 Å². The fraction of sp³-hybridized carbons (Fsp3) is 0.615. The van der Waals surface area contributed by atoms with E-state index in [1.54, 1.807) is 6.07 Å². The summed E-state index contributed by atoms with van der Waals surface area (Å²) in [6.07, 6.45) is 1.69. The zero-order valence-corrected chi connectivity index (χ0v) is 13.6. The number of nitrogens with one attached hydrogen (secondary N) is 1. The van der Waals surface area contributed by atoms with E-state index in [9.17, 15) is 13.2 Å². The van der Waals surface area contributed by atoms with Gasteiger partial charge in [0.2, 0.25) is 10.0 Å². The van der Waals surface area contributed by atoms with E-state index in [1.807, 2.05) is 19.2 Å². The molecule has 0 spiro atoms. The maximum Gasteiger partial charge on any atom is 0.305 e. The first-order valence-corrected chi connectivity index (χ1v) is 8.88. The van der Waals surface area contributed by atoms with Crippen molar-refractivity contribution in [2.45, 2.75) is 37.3 Å². The summed E-state index contributed by atoms with van der Waals surface area (Å²) in [4.78, 5) is 11.4. The molecule has 0 saturated heterocycles. The molecule has 0 unspecified atom stereocenters. The molecule has 1 heterocycles. The topological polar surface area (TPSA) is 72.5 Å². The molecule has 114 valence electrons. The molecule has 7 heteroatoms. The molecular formula is C13H21NO4S2. The van der Waals surface area contributed by atoms with Gasteiger partial charge in [0, 0.05) is 6.42 Å². The highest BCUT2D eigenvalue weighted by Crippen LogP contribution is 2.21. The zero-order chi connectivity index (χ0) is 15.2. The predicted octanol–water partition coefficient (Wildman–Crippen LogP) is 2.18. The maximum absolute atomic E-state index is 11.6. The average molecular weight is 319 g/mol. The molecule has 1 aromatic heterocycles. The van der Waals surface area contributed by atoms with Crippen molar-refractivity contribution in [3.8, 4) is 0 Å². The standard InChI is InChI=1S/C13H21NO4S2/c1-10(2)8-18-12(15)6-4-5-11-7-13(19-9-11)20(16,17)14-3/h7,9-10,14H,4-6,8H2,1-3H3. The van der Waals surface area contributed by atoms with E-state index in [0.717, 1.165) is 5.56 Å². The summed E-state index contributed by atoms with van der Waals surface area (Å²) in [5.41, 5.74) is 0.931. The van der Waals surface area contributed by atoms with E-state index in [1.165, 1.54) is 18.4 Å². The number of ether oxygens (including phenoxy) is 1. The summed E-state index contributed by atoms with van der Waals surface area (Å²) in [5, 5.41) is 1.81. The highest BCUT2D eigenvalue weighted by molar-refractivity contribution is 7.91. The third-order valence-corrected chi connectivity index (χ3v) is 5.49. The van der Waals surface area contributed by atoms with Crippen molar-refractivity contribution in [3.05, 3.63) is 17.0 Å². The first-order chi connectivity index (χ1) is 9.35. The van der Waals surface area contributed by atoms with Crippen LogP contribution in [0.1, 0.15) is 32.3 Å². The first-order valence-electron chi connectivity index (χ1n) is 6.51. The van der Waals surface area contributed by atoms with Crippen LogP contribution in [0.5, 0.6) is 0 Å². The molecule has 0 amide bonds. The summed E-state index contributed by atoms with van der Waals surface area (Å²) in [6, 6.07) is 1.65. The molecule has 0 saturated carbocycles. The van der Waals surface area contributed by atoms with Gasteiger partial charge in [-0.15, -0.1) is 11.3 Å². The van der Waals surface area contributed by atoms with Crippen LogP contribution in [0.2, 0.25) is 0 Å². The summed E-state index contributed by atoms with van der Waals surface area (Å²) in [6.45, 7) is 4.42. The fourth-order valence-electron chi connectivity index (χ4n) is 1.49. The Bertz CT molecular complexity index is 534. The number of carbonyl (C=O) groups excluding carboxylic acids is 1. The SMILES string of the molecule is CNS(=O)(=O)c1cc(CCCC(=O)OCC(C)C)cs1. The van der Waals surface area contributed by atoms with Crippen LogP contribution >= 0.6 is 11.3 Å². The Morgan fingerprint density at radius 3 is 2.75 bits per heavy atom. The Balaban J connectivity index is 2.38. The van der Waals surface area contributed by atoms with Gasteiger partial charge < -0.3 is 4.74 Å². The zero-order valence-electron chi connectivity index (χ0n) is 12.0. The second kappa shape index (κ2) is 7.75. The van der Waals surface area contributed by atoms with Crippen LogP contribution in [0.25, 0.3) is 0 Å². The Kier molecular flexibility index (Phi) is 6.64. The molecule has 1 aromatic rings. The third-order valence-electron chi connectivity index (χ3n) is 2.59. The highest BCUT2D eigenvalue weighted by atomic mass is 32.2. The van der Waals surface area contributed by atoms with Crippen LogP contribution in [0, 0.1) is 5.92 Å². The Hall–Kier alpha value is -0.920. The number of carbonyl (C=O) groups is 1. The molecule has 1 rings (SSSR count). The van der Waals surface area contributed by atoms with Gasteiger partial charge in [0.1, 0.15) is 4.21 Å². The quantitative estimate of drug-likeness (QED) is 0.745. The fourth-order valence-corrected chi connectivity index (χ4v) is 3.58. The van der Waals surface area contributed by atoms with Crippen molar-refractivity contribution in [2.75, 3.05) is 13.7 Å². The van der Waals surface area contributed by atoms with Gasteiger partial charge in [0.15, 0.2) is 0 Å². The van der Waals surface area contributed by atoms with Crippen molar-refractivity contribution >= 4 is 27.3 Å². The predicted molar refractivity (Wildman–Crippen MR) is 79.3 cm³/mol. The third kappa shape index (κ3) is 5.60. The van der Waals surface area contributed by atoms with Crippen molar-refractivity contribution < 1.29 is 17.9 Å². The Morgan fingerprint density at radius 1 is 1.45 bits per heavy atom. The summed E-state index contributed by atoms with van der Waals surface area (Å²) >= 11 is 1.19. The minimum atomic E-state index is -3.36. The molecule has 0 aliphatic heterocycles. The van der Waals surface area contributed by atoms with E-state index in [4.69, 9.17) is 4.74 Å². The number of aryl methyl sites for hydroxylation is 1. The lowest BCUT2D eigenvalue weighted by Crippen LogP contribution is -2.17. The molecule has 0 radical (unpaired) electrons. The van der Waals surface area contributed by atoms with Crippen LogP contribution in [-0.4, -0.2) is 28.0 Å². The Labute approximate surface area is 124 Å². The monoisotopic (exact) mass is 319 g/mol. The van der Waals surface area contributed by atoms with E-state index in [2.05, 4.69) is 4.72 Å². The normalized spacial score (nSPS) is 11.8. The van der Waals surface area contributed by atoms with Gasteiger partial charge >= 0.3 is 5.97 Å². The smallest absolute Gasteiger partial charge is 0.305 e. The van der Waals surface area contributed by atoms with Gasteiger partial charge in [-0.25, -0.2) is 13.1 Å². The number of sulfonamides is 1. The van der Waals surface area contributed by atoms with Gasteiger partial charge in [-0.1, -0.05) is 13.8 Å². The van der Waals surface area contributed by atoms with Crippen molar-refractivity contribution in [1.29, 1.82) is 0 Å². The number of hydrogen-bond acceptors (Lipinski definition) is 5. The van der Waals surface area contributed by atoms with E-state index < -0.39 is 10.0 Å². The molecule has 20 heavy (non-hydrogen) atoms. The molecule has 5 nitrogen and oxygen atoms in total. The molecule has 0 bridgehead atoms. The minimum Gasteiger partial charge on any atom is -0.465 e. The van der Waals surface area contributed by atoms with Gasteiger partial charge in [-0.2, -0.15) is 0 Å². The van der Waals surface area contributed by atoms with Gasteiger partial charge in [-0.3, -0.25) is 4.79 Å². The van der Waals surface area contributed by atoms with Crippen molar-refractivity contribution in [3.63, 3.8) is 0 Å². The van der Waals surface area contributed by atoms with Crippen LogP contribution in [-0.2, 0) is 26.0 Å². The number of esters is 1. The van der Waals surface area contributed by atoms with Crippen LogP contribution in [0.15, 0.2) is 15.7 Å². The van der Waals surface area contributed by atoms with Crippen LogP contribution < -0.4 is 4.72 Å². The van der Waals surface area contributed by atoms with E-state index in [-0.39, 0.29) is 5.97 Å². The molecule has 0 atom stereocenters. The van der Waals surface area contributed by atoms with Crippen molar-refractivity contribution in [2.24, 2.45) is 5.92 Å². The largest absolute Gasteiger partial charge is 0.465 e. The lowest BCUT2D eigenvalue weighted by molar-refractivity contribution is -0.144. The lowest BCUT2D eigenvalue weighted by Gasteiger charge is -2.06. The first kappa shape index (κ1) is 17.1. The van der Waals surface area contributed by atoms with E-state index in [0.29, 0.717) is 36.0 Å². The average Bonchev–Trinajstić information content (AvgIpc) is 2.86. The van der Waals surface area contributed by atoms with Gasteiger partial charge in [-0.05, 0) is 42.8 Å². The van der Waals surface area contributed by atoms with Crippen LogP contribution in [0.3, 0.4) is 0 Å².